The summed E-state index contributed by atoms with van der Waals surface area (Å²) < 4.78 is 32.2. The Morgan fingerprint density at radius 3 is 2.48 bits per heavy atom. The van der Waals surface area contributed by atoms with Gasteiger partial charge >= 0.3 is 0 Å². The monoisotopic (exact) mass is 332 g/mol. The molecule has 1 rings (SSSR count). The molecule has 0 spiro atoms. The van der Waals surface area contributed by atoms with Gasteiger partial charge in [-0.05, 0) is 56.2 Å². The average Bonchev–Trinajstić information content (AvgIpc) is 2.48. The van der Waals surface area contributed by atoms with E-state index in [1.54, 1.807) is 36.0 Å². The van der Waals surface area contributed by atoms with Crippen LogP contribution in [0.25, 0.3) is 0 Å². The lowest BCUT2D eigenvalue weighted by Crippen LogP contribution is -2.24. The highest BCUT2D eigenvalue weighted by Crippen LogP contribution is 2.15. The van der Waals surface area contributed by atoms with Crippen LogP contribution in [0.1, 0.15) is 12.8 Å². The fourth-order valence-electron chi connectivity index (χ4n) is 1.65. The number of unbranched alkanes of at least 4 members (excludes halogenated alkanes) is 1. The van der Waals surface area contributed by atoms with Gasteiger partial charge in [0.2, 0.25) is 10.0 Å². The first-order chi connectivity index (χ1) is 10.1. The van der Waals surface area contributed by atoms with Crippen molar-refractivity contribution in [2.75, 3.05) is 38.8 Å². The Labute approximate surface area is 131 Å². The van der Waals surface area contributed by atoms with Crippen molar-refractivity contribution >= 4 is 21.8 Å². The molecule has 0 radical (unpaired) electrons. The summed E-state index contributed by atoms with van der Waals surface area (Å²) in [4.78, 5) is 0.272. The number of hydrogen-bond donors (Lipinski definition) is 2. The normalized spacial score (nSPS) is 11.5. The SMILES string of the molecule is CNCCOc1ccc(S(=O)(=O)NCCCCSC)cc1. The molecule has 0 aromatic heterocycles. The summed E-state index contributed by atoms with van der Waals surface area (Å²) in [6, 6.07) is 6.49. The van der Waals surface area contributed by atoms with Gasteiger partial charge in [0.05, 0.1) is 4.90 Å². The van der Waals surface area contributed by atoms with Crippen LogP contribution in [0.5, 0.6) is 5.75 Å². The van der Waals surface area contributed by atoms with E-state index in [0.717, 1.165) is 25.1 Å². The van der Waals surface area contributed by atoms with Gasteiger partial charge in [0.1, 0.15) is 12.4 Å². The zero-order valence-electron chi connectivity index (χ0n) is 12.6. The molecule has 0 aliphatic carbocycles. The molecule has 0 aliphatic rings. The minimum atomic E-state index is -3.41. The quantitative estimate of drug-likeness (QED) is 0.604. The summed E-state index contributed by atoms with van der Waals surface area (Å²) >= 11 is 1.77. The number of likely N-dealkylation sites (N-methyl/N-ethyl adjacent to an activating group) is 1. The molecule has 0 atom stereocenters. The van der Waals surface area contributed by atoms with Crippen LogP contribution in [-0.4, -0.2) is 47.2 Å². The minimum absolute atomic E-state index is 0.272. The van der Waals surface area contributed by atoms with Crippen molar-refractivity contribution in [1.29, 1.82) is 0 Å². The first-order valence-electron chi connectivity index (χ1n) is 6.96. The van der Waals surface area contributed by atoms with E-state index in [1.165, 1.54) is 0 Å². The predicted molar refractivity (Wildman–Crippen MR) is 88.7 cm³/mol. The minimum Gasteiger partial charge on any atom is -0.492 e. The van der Waals surface area contributed by atoms with Crippen LogP contribution < -0.4 is 14.8 Å². The number of benzene rings is 1. The molecule has 7 heteroatoms. The molecule has 0 heterocycles. The maximum Gasteiger partial charge on any atom is 0.240 e. The topological polar surface area (TPSA) is 67.4 Å². The van der Waals surface area contributed by atoms with E-state index >= 15 is 0 Å². The van der Waals surface area contributed by atoms with Crippen LogP contribution in [0.15, 0.2) is 29.2 Å². The van der Waals surface area contributed by atoms with Gasteiger partial charge in [-0.2, -0.15) is 11.8 Å². The molecule has 1 aromatic rings. The standard InChI is InChI=1S/C14H24N2O3S2/c1-15-10-11-19-13-5-7-14(8-6-13)21(17,18)16-9-3-4-12-20-2/h5-8,15-16H,3-4,9-12H2,1-2H3. The van der Waals surface area contributed by atoms with Gasteiger partial charge in [-0.15, -0.1) is 0 Å². The van der Waals surface area contributed by atoms with Crippen molar-refractivity contribution in [3.05, 3.63) is 24.3 Å². The van der Waals surface area contributed by atoms with Crippen molar-refractivity contribution in [1.82, 2.24) is 10.0 Å². The van der Waals surface area contributed by atoms with Gasteiger partial charge in [0.15, 0.2) is 0 Å². The van der Waals surface area contributed by atoms with Crippen LogP contribution in [0.4, 0.5) is 0 Å². The third kappa shape index (κ3) is 7.17. The van der Waals surface area contributed by atoms with Gasteiger partial charge in [0, 0.05) is 13.1 Å². The van der Waals surface area contributed by atoms with E-state index in [9.17, 15) is 8.42 Å². The van der Waals surface area contributed by atoms with Crippen molar-refractivity contribution in [3.63, 3.8) is 0 Å². The first-order valence-corrected chi connectivity index (χ1v) is 9.84. The van der Waals surface area contributed by atoms with Crippen molar-refractivity contribution < 1.29 is 13.2 Å². The number of thioether (sulfide) groups is 1. The molecular weight excluding hydrogens is 308 g/mol. The molecule has 0 fully saturated rings. The van der Waals surface area contributed by atoms with Gasteiger partial charge in [-0.3, -0.25) is 0 Å². The van der Waals surface area contributed by atoms with E-state index in [-0.39, 0.29) is 4.90 Å². The lowest BCUT2D eigenvalue weighted by Gasteiger charge is -2.08. The van der Waals surface area contributed by atoms with Crippen molar-refractivity contribution in [3.8, 4) is 5.75 Å². The molecule has 0 aliphatic heterocycles. The van der Waals surface area contributed by atoms with Crippen LogP contribution in [0.2, 0.25) is 0 Å². The molecule has 21 heavy (non-hydrogen) atoms. The molecule has 120 valence electrons. The van der Waals surface area contributed by atoms with Crippen LogP contribution in [0, 0.1) is 0 Å². The van der Waals surface area contributed by atoms with Crippen molar-refractivity contribution in [2.24, 2.45) is 0 Å². The van der Waals surface area contributed by atoms with E-state index in [1.807, 2.05) is 13.3 Å². The Balaban J connectivity index is 2.47. The second-order valence-corrected chi connectivity index (χ2v) is 7.27. The summed E-state index contributed by atoms with van der Waals surface area (Å²) in [7, 11) is -1.56. The molecular formula is C14H24N2O3S2. The van der Waals surface area contributed by atoms with Gasteiger partial charge < -0.3 is 10.1 Å². The highest BCUT2D eigenvalue weighted by molar-refractivity contribution is 7.98. The summed E-state index contributed by atoms with van der Waals surface area (Å²) in [6.45, 7) is 1.78. The Hall–Kier alpha value is -0.760. The molecule has 0 bridgehead atoms. The average molecular weight is 332 g/mol. The van der Waals surface area contributed by atoms with Gasteiger partial charge in [-0.1, -0.05) is 0 Å². The zero-order chi connectivity index (χ0) is 15.6. The number of hydrogen-bond acceptors (Lipinski definition) is 5. The lowest BCUT2D eigenvalue weighted by molar-refractivity contribution is 0.318. The third-order valence-electron chi connectivity index (χ3n) is 2.82. The predicted octanol–water partition coefficient (Wildman–Crippen LogP) is 1.71. The van der Waals surface area contributed by atoms with Gasteiger partial charge in [-0.25, -0.2) is 13.1 Å². The Morgan fingerprint density at radius 2 is 1.86 bits per heavy atom. The molecule has 0 unspecified atom stereocenters. The third-order valence-corrected chi connectivity index (χ3v) is 5.00. The molecule has 5 nitrogen and oxygen atoms in total. The van der Waals surface area contributed by atoms with Gasteiger partial charge in [0.25, 0.3) is 0 Å². The van der Waals surface area contributed by atoms with E-state index < -0.39 is 10.0 Å². The summed E-state index contributed by atoms with van der Waals surface area (Å²) in [6.07, 6.45) is 3.91. The maximum absolute atomic E-state index is 12.1. The highest BCUT2D eigenvalue weighted by Gasteiger charge is 2.12. The van der Waals surface area contributed by atoms with Crippen LogP contribution in [-0.2, 0) is 10.0 Å². The molecule has 0 saturated heterocycles. The lowest BCUT2D eigenvalue weighted by atomic mass is 10.3. The first kappa shape index (κ1) is 18.3. The second-order valence-electron chi connectivity index (χ2n) is 4.52. The smallest absolute Gasteiger partial charge is 0.240 e. The largest absolute Gasteiger partial charge is 0.492 e. The summed E-state index contributed by atoms with van der Waals surface area (Å²) in [5.41, 5.74) is 0. The maximum atomic E-state index is 12.1. The molecule has 0 amide bonds. The molecule has 0 saturated carbocycles. The molecule has 1 aromatic carbocycles. The molecule has 2 N–H and O–H groups in total. The zero-order valence-corrected chi connectivity index (χ0v) is 14.2. The fourth-order valence-corrected chi connectivity index (χ4v) is 3.21. The Morgan fingerprint density at radius 1 is 1.14 bits per heavy atom. The number of ether oxygens (including phenoxy) is 1. The number of rotatable bonds is 11. The second kappa shape index (κ2) is 10.0. The Kier molecular flexibility index (Phi) is 8.75. The summed E-state index contributed by atoms with van der Waals surface area (Å²) in [5.74, 6) is 1.73. The van der Waals surface area contributed by atoms with E-state index in [0.29, 0.717) is 18.9 Å². The fraction of sp³-hybridized carbons (Fsp3) is 0.571. The summed E-state index contributed by atoms with van der Waals surface area (Å²) in [5, 5.41) is 2.98. The van der Waals surface area contributed by atoms with E-state index in [4.69, 9.17) is 4.74 Å². The van der Waals surface area contributed by atoms with Crippen molar-refractivity contribution in [2.45, 2.75) is 17.7 Å². The van der Waals surface area contributed by atoms with Crippen LogP contribution in [0.3, 0.4) is 0 Å². The van der Waals surface area contributed by atoms with Crippen LogP contribution >= 0.6 is 11.8 Å². The van der Waals surface area contributed by atoms with E-state index in [2.05, 4.69) is 10.0 Å². The highest BCUT2D eigenvalue weighted by atomic mass is 32.2. The number of nitrogens with one attached hydrogen (secondary N) is 2. The number of sulfonamides is 1. The Bertz CT molecular complexity index is 489.